The van der Waals surface area contributed by atoms with Gasteiger partial charge in [-0.1, -0.05) is 18.2 Å². The topological polar surface area (TPSA) is 64.3 Å². The van der Waals surface area contributed by atoms with E-state index >= 15 is 0 Å². The van der Waals surface area contributed by atoms with E-state index in [-0.39, 0.29) is 31.0 Å². The maximum Gasteiger partial charge on any atom is 0.239 e. The molecule has 1 aromatic rings. The largest absolute Gasteiger partial charge is 0.383 e. The summed E-state index contributed by atoms with van der Waals surface area (Å²) < 4.78 is 4.89. The van der Waals surface area contributed by atoms with Gasteiger partial charge in [0, 0.05) is 17.8 Å². The van der Waals surface area contributed by atoms with Crippen molar-refractivity contribution >= 4 is 30.1 Å². The monoisotopic (exact) mass is 302 g/mol. The standard InChI is InChI=1S/C13H18N2O2S.ClH/c1-17-8-10(14)13(16)15-11-6-7-18-12-5-3-2-4-9(11)12;/h2-5,10-11H,6-8,14H2,1H3,(H,15,16);1H. The second-order valence-corrected chi connectivity index (χ2v) is 5.43. The first-order valence-electron chi connectivity index (χ1n) is 5.99. The minimum Gasteiger partial charge on any atom is -0.383 e. The van der Waals surface area contributed by atoms with Crippen LogP contribution in [0.1, 0.15) is 18.0 Å². The average Bonchev–Trinajstić information content (AvgIpc) is 2.39. The first kappa shape index (κ1) is 16.3. The summed E-state index contributed by atoms with van der Waals surface area (Å²) in [5, 5.41) is 3.00. The number of methoxy groups -OCH3 is 1. The molecular weight excluding hydrogens is 284 g/mol. The molecule has 2 unspecified atom stereocenters. The van der Waals surface area contributed by atoms with Crippen LogP contribution in [0.25, 0.3) is 0 Å². The van der Waals surface area contributed by atoms with Gasteiger partial charge in [-0.3, -0.25) is 4.79 Å². The van der Waals surface area contributed by atoms with E-state index in [1.165, 1.54) is 10.5 Å². The van der Waals surface area contributed by atoms with Crippen LogP contribution in [0.2, 0.25) is 0 Å². The quantitative estimate of drug-likeness (QED) is 0.889. The van der Waals surface area contributed by atoms with Crippen molar-refractivity contribution in [3.8, 4) is 0 Å². The summed E-state index contributed by atoms with van der Waals surface area (Å²) in [6, 6.07) is 7.64. The highest BCUT2D eigenvalue weighted by Gasteiger charge is 2.23. The van der Waals surface area contributed by atoms with Crippen LogP contribution in [-0.4, -0.2) is 31.4 Å². The number of halogens is 1. The van der Waals surface area contributed by atoms with Crippen molar-refractivity contribution < 1.29 is 9.53 Å². The third kappa shape index (κ3) is 4.11. The Bertz CT molecular complexity index is 431. The Balaban J connectivity index is 0.00000180. The number of nitrogens with two attached hydrogens (primary N) is 1. The highest BCUT2D eigenvalue weighted by molar-refractivity contribution is 7.99. The second-order valence-electron chi connectivity index (χ2n) is 4.30. The van der Waals surface area contributed by atoms with E-state index in [4.69, 9.17) is 10.5 Å². The van der Waals surface area contributed by atoms with Crippen molar-refractivity contribution in [3.63, 3.8) is 0 Å². The van der Waals surface area contributed by atoms with Gasteiger partial charge >= 0.3 is 0 Å². The van der Waals surface area contributed by atoms with Crippen molar-refractivity contribution in [2.45, 2.75) is 23.4 Å². The van der Waals surface area contributed by atoms with E-state index in [2.05, 4.69) is 17.4 Å². The third-order valence-electron chi connectivity index (χ3n) is 2.96. The summed E-state index contributed by atoms with van der Waals surface area (Å²) in [6.45, 7) is 0.245. The predicted molar refractivity (Wildman–Crippen MR) is 79.8 cm³/mol. The molecule has 1 aromatic carbocycles. The maximum absolute atomic E-state index is 11.9. The maximum atomic E-state index is 11.9. The van der Waals surface area contributed by atoms with Crippen molar-refractivity contribution in [1.29, 1.82) is 0 Å². The van der Waals surface area contributed by atoms with Gasteiger partial charge in [-0.25, -0.2) is 0 Å². The lowest BCUT2D eigenvalue weighted by Gasteiger charge is -2.26. The molecule has 2 rings (SSSR count). The van der Waals surface area contributed by atoms with E-state index in [1.807, 2.05) is 23.9 Å². The van der Waals surface area contributed by atoms with Gasteiger partial charge in [0.1, 0.15) is 6.04 Å². The highest BCUT2D eigenvalue weighted by atomic mass is 35.5. The molecule has 0 aromatic heterocycles. The van der Waals surface area contributed by atoms with Crippen LogP contribution < -0.4 is 11.1 Å². The highest BCUT2D eigenvalue weighted by Crippen LogP contribution is 2.35. The van der Waals surface area contributed by atoms with E-state index < -0.39 is 6.04 Å². The summed E-state index contributed by atoms with van der Waals surface area (Å²) in [5.41, 5.74) is 6.91. The molecule has 1 aliphatic heterocycles. The zero-order valence-corrected chi connectivity index (χ0v) is 12.4. The fourth-order valence-corrected chi connectivity index (χ4v) is 3.15. The molecule has 106 valence electrons. The van der Waals surface area contributed by atoms with Crippen LogP contribution in [-0.2, 0) is 9.53 Å². The fourth-order valence-electron chi connectivity index (χ4n) is 2.03. The van der Waals surface area contributed by atoms with Crippen LogP contribution >= 0.6 is 24.2 Å². The molecule has 1 aliphatic rings. The summed E-state index contributed by atoms with van der Waals surface area (Å²) in [4.78, 5) is 13.1. The first-order valence-corrected chi connectivity index (χ1v) is 6.97. The molecule has 0 aliphatic carbocycles. The van der Waals surface area contributed by atoms with Gasteiger partial charge in [-0.05, 0) is 18.1 Å². The van der Waals surface area contributed by atoms with Gasteiger partial charge in [0.15, 0.2) is 0 Å². The van der Waals surface area contributed by atoms with Crippen molar-refractivity contribution in [1.82, 2.24) is 5.32 Å². The molecule has 4 nitrogen and oxygen atoms in total. The SMILES string of the molecule is COCC(N)C(=O)NC1CCSc2ccccc21.Cl. The number of ether oxygens (including phenoxy) is 1. The van der Waals surface area contributed by atoms with Gasteiger partial charge in [0.25, 0.3) is 0 Å². The van der Waals surface area contributed by atoms with E-state index in [0.717, 1.165) is 12.2 Å². The van der Waals surface area contributed by atoms with Crippen LogP contribution in [0.4, 0.5) is 0 Å². The Morgan fingerprint density at radius 1 is 1.58 bits per heavy atom. The van der Waals surface area contributed by atoms with E-state index in [1.54, 1.807) is 7.11 Å². The van der Waals surface area contributed by atoms with Crippen LogP contribution in [0.5, 0.6) is 0 Å². The van der Waals surface area contributed by atoms with Gasteiger partial charge in [0.05, 0.1) is 12.6 Å². The second kappa shape index (κ2) is 7.75. The molecule has 0 bridgehead atoms. The summed E-state index contributed by atoms with van der Waals surface area (Å²) >= 11 is 1.83. The summed E-state index contributed by atoms with van der Waals surface area (Å²) in [5.74, 6) is 0.866. The van der Waals surface area contributed by atoms with E-state index in [0.29, 0.717) is 0 Å². The number of carbonyl (C=O) groups is 1. The number of nitrogens with one attached hydrogen (secondary N) is 1. The van der Waals surface area contributed by atoms with Gasteiger partial charge in [-0.15, -0.1) is 24.2 Å². The number of carbonyl (C=O) groups excluding carboxylic acids is 1. The molecule has 2 atom stereocenters. The lowest BCUT2D eigenvalue weighted by atomic mass is 10.0. The molecule has 3 N–H and O–H groups in total. The summed E-state index contributed by atoms with van der Waals surface area (Å²) in [6.07, 6.45) is 0.938. The van der Waals surface area contributed by atoms with Crippen molar-refractivity contribution in [2.75, 3.05) is 19.5 Å². The molecular formula is C13H19ClN2O2S. The number of thioether (sulfide) groups is 1. The minimum absolute atomic E-state index is 0. The van der Waals surface area contributed by atoms with Gasteiger partial charge < -0.3 is 15.8 Å². The van der Waals surface area contributed by atoms with Crippen LogP contribution in [0.3, 0.4) is 0 Å². The lowest BCUT2D eigenvalue weighted by molar-refractivity contribution is -0.124. The van der Waals surface area contributed by atoms with Gasteiger partial charge in [-0.2, -0.15) is 0 Å². The molecule has 0 saturated carbocycles. The molecule has 19 heavy (non-hydrogen) atoms. The summed E-state index contributed by atoms with van der Waals surface area (Å²) in [7, 11) is 1.54. The average molecular weight is 303 g/mol. The number of amides is 1. The van der Waals surface area contributed by atoms with Crippen LogP contribution in [0, 0.1) is 0 Å². The molecule has 1 heterocycles. The smallest absolute Gasteiger partial charge is 0.239 e. The van der Waals surface area contributed by atoms with Crippen molar-refractivity contribution in [3.05, 3.63) is 29.8 Å². The van der Waals surface area contributed by atoms with Crippen molar-refractivity contribution in [2.24, 2.45) is 5.73 Å². The predicted octanol–water partition coefficient (Wildman–Crippen LogP) is 1.74. The molecule has 0 saturated heterocycles. The molecule has 0 spiro atoms. The normalized spacial score (nSPS) is 18.9. The Morgan fingerprint density at radius 3 is 3.05 bits per heavy atom. The molecule has 6 heteroatoms. The number of benzene rings is 1. The zero-order valence-electron chi connectivity index (χ0n) is 10.8. The Hall–Kier alpha value is -0.750. The number of rotatable bonds is 4. The molecule has 0 fully saturated rings. The Labute approximate surface area is 123 Å². The first-order chi connectivity index (χ1) is 8.72. The number of hydrogen-bond acceptors (Lipinski definition) is 4. The number of fused-ring (bicyclic) bond motifs is 1. The van der Waals surface area contributed by atoms with Crippen LogP contribution in [0.15, 0.2) is 29.2 Å². The minimum atomic E-state index is -0.600. The van der Waals surface area contributed by atoms with Gasteiger partial charge in [0.2, 0.25) is 5.91 Å². The third-order valence-corrected chi connectivity index (χ3v) is 4.08. The fraction of sp³-hybridized carbons (Fsp3) is 0.462. The Kier molecular flexibility index (Phi) is 6.65. The zero-order chi connectivity index (χ0) is 13.0. The molecule has 1 amide bonds. The lowest BCUT2D eigenvalue weighted by Crippen LogP contribution is -2.45. The molecule has 0 radical (unpaired) electrons. The Morgan fingerprint density at radius 2 is 2.32 bits per heavy atom. The van der Waals surface area contributed by atoms with E-state index in [9.17, 15) is 4.79 Å². The number of hydrogen-bond donors (Lipinski definition) is 2.